The largest absolute Gasteiger partial charge is 0.0884 e. The van der Waals surface area contributed by atoms with E-state index < -0.39 is 0 Å². The zero-order chi connectivity index (χ0) is 8.01. The quantitative estimate of drug-likeness (QED) is 0.631. The SMILES string of the molecule is BrC(Br)C1C2CCCC1C2Br. The lowest BCUT2D eigenvalue weighted by Gasteiger charge is -2.55. The van der Waals surface area contributed by atoms with Crippen LogP contribution in [0.15, 0.2) is 0 Å². The predicted octanol–water partition coefficient (Wildman–Crippen LogP) is 3.91. The van der Waals surface area contributed by atoms with Gasteiger partial charge in [0, 0.05) is 4.83 Å². The van der Waals surface area contributed by atoms with E-state index in [1.807, 2.05) is 0 Å². The summed E-state index contributed by atoms with van der Waals surface area (Å²) in [6.45, 7) is 0. The van der Waals surface area contributed by atoms with E-state index in [0.717, 1.165) is 22.6 Å². The lowest BCUT2D eigenvalue weighted by Crippen LogP contribution is -2.53. The molecule has 3 saturated carbocycles. The first-order valence-corrected chi connectivity index (χ1v) is 6.88. The molecular formula is C8H11Br3. The van der Waals surface area contributed by atoms with Gasteiger partial charge in [-0.15, -0.1) is 0 Å². The van der Waals surface area contributed by atoms with Crippen LogP contribution in [-0.4, -0.2) is 8.56 Å². The summed E-state index contributed by atoms with van der Waals surface area (Å²) in [5, 5.41) is 0. The first kappa shape index (κ1) is 9.01. The van der Waals surface area contributed by atoms with E-state index in [1.54, 1.807) is 0 Å². The Morgan fingerprint density at radius 3 is 1.91 bits per heavy atom. The molecule has 0 amide bonds. The van der Waals surface area contributed by atoms with Crippen LogP contribution in [0.3, 0.4) is 0 Å². The number of rotatable bonds is 1. The Labute approximate surface area is 92.9 Å². The molecule has 0 aromatic carbocycles. The van der Waals surface area contributed by atoms with E-state index in [4.69, 9.17) is 0 Å². The molecule has 0 aromatic heterocycles. The van der Waals surface area contributed by atoms with Crippen molar-refractivity contribution in [2.24, 2.45) is 17.8 Å². The van der Waals surface area contributed by atoms with Crippen LogP contribution < -0.4 is 0 Å². The molecule has 0 nitrogen and oxygen atoms in total. The Bertz CT molecular complexity index is 145. The van der Waals surface area contributed by atoms with Crippen LogP contribution in [0.25, 0.3) is 0 Å². The number of hydrogen-bond acceptors (Lipinski definition) is 0. The van der Waals surface area contributed by atoms with Gasteiger partial charge in [0.2, 0.25) is 0 Å². The van der Waals surface area contributed by atoms with Crippen molar-refractivity contribution in [3.8, 4) is 0 Å². The van der Waals surface area contributed by atoms with Crippen molar-refractivity contribution in [2.45, 2.75) is 27.8 Å². The van der Waals surface area contributed by atoms with Crippen LogP contribution >= 0.6 is 47.8 Å². The molecular weight excluding hydrogens is 336 g/mol. The summed E-state index contributed by atoms with van der Waals surface area (Å²) in [6, 6.07) is 0. The van der Waals surface area contributed by atoms with Crippen LogP contribution in [0.2, 0.25) is 0 Å². The summed E-state index contributed by atoms with van der Waals surface area (Å²) in [5.74, 6) is 2.74. The highest BCUT2D eigenvalue weighted by molar-refractivity contribution is 9.24. The maximum absolute atomic E-state index is 3.77. The van der Waals surface area contributed by atoms with Crippen molar-refractivity contribution < 1.29 is 0 Å². The Morgan fingerprint density at radius 1 is 1.09 bits per heavy atom. The molecule has 0 saturated heterocycles. The molecule has 2 atom stereocenters. The van der Waals surface area contributed by atoms with Gasteiger partial charge in [0.1, 0.15) is 0 Å². The number of alkyl halides is 3. The molecule has 3 aliphatic rings. The van der Waals surface area contributed by atoms with E-state index in [-0.39, 0.29) is 0 Å². The fourth-order valence-electron chi connectivity index (χ4n) is 2.58. The molecule has 0 radical (unpaired) electrons. The van der Waals surface area contributed by atoms with Gasteiger partial charge in [-0.25, -0.2) is 0 Å². The van der Waals surface area contributed by atoms with Gasteiger partial charge >= 0.3 is 0 Å². The average molecular weight is 347 g/mol. The monoisotopic (exact) mass is 344 g/mol. The van der Waals surface area contributed by atoms with Gasteiger partial charge < -0.3 is 0 Å². The Hall–Kier alpha value is 1.44. The maximum Gasteiger partial charge on any atom is 0.0732 e. The summed E-state index contributed by atoms with van der Waals surface area (Å²) in [7, 11) is 0. The molecule has 0 aliphatic heterocycles. The first-order chi connectivity index (χ1) is 5.22. The minimum Gasteiger partial charge on any atom is -0.0884 e. The van der Waals surface area contributed by atoms with E-state index in [9.17, 15) is 0 Å². The summed E-state index contributed by atoms with van der Waals surface area (Å²) < 4.78 is 0.541. The molecule has 2 bridgehead atoms. The van der Waals surface area contributed by atoms with Gasteiger partial charge in [-0.1, -0.05) is 54.2 Å². The van der Waals surface area contributed by atoms with Gasteiger partial charge in [0.15, 0.2) is 0 Å². The minimum atomic E-state index is 0.541. The molecule has 0 heterocycles. The van der Waals surface area contributed by atoms with Crippen molar-refractivity contribution in [2.75, 3.05) is 0 Å². The molecule has 3 fully saturated rings. The second kappa shape index (κ2) is 3.30. The van der Waals surface area contributed by atoms with E-state index in [2.05, 4.69) is 47.8 Å². The van der Waals surface area contributed by atoms with Gasteiger partial charge in [0.05, 0.1) is 3.74 Å². The van der Waals surface area contributed by atoms with Crippen molar-refractivity contribution in [3.05, 3.63) is 0 Å². The third-order valence-electron chi connectivity index (χ3n) is 3.17. The Morgan fingerprint density at radius 2 is 1.64 bits per heavy atom. The third kappa shape index (κ3) is 1.35. The zero-order valence-electron chi connectivity index (χ0n) is 6.14. The lowest BCUT2D eigenvalue weighted by molar-refractivity contribution is 0.0437. The average Bonchev–Trinajstić information content (AvgIpc) is 2.02. The predicted molar refractivity (Wildman–Crippen MR) is 58.7 cm³/mol. The molecule has 0 N–H and O–H groups in total. The lowest BCUT2D eigenvalue weighted by atomic mass is 9.58. The van der Waals surface area contributed by atoms with Crippen LogP contribution in [0.1, 0.15) is 19.3 Å². The molecule has 2 unspecified atom stereocenters. The summed E-state index contributed by atoms with van der Waals surface area (Å²) in [4.78, 5) is 0.818. The summed E-state index contributed by atoms with van der Waals surface area (Å²) in [6.07, 6.45) is 4.29. The molecule has 11 heavy (non-hydrogen) atoms. The van der Waals surface area contributed by atoms with Crippen molar-refractivity contribution in [3.63, 3.8) is 0 Å². The smallest absolute Gasteiger partial charge is 0.0732 e. The van der Waals surface area contributed by atoms with Gasteiger partial charge in [-0.2, -0.15) is 0 Å². The van der Waals surface area contributed by atoms with Gasteiger partial charge in [0.25, 0.3) is 0 Å². The van der Waals surface area contributed by atoms with Crippen molar-refractivity contribution >= 4 is 47.8 Å². The normalized spacial score (nSPS) is 49.1. The molecule has 64 valence electrons. The molecule has 0 spiro atoms. The van der Waals surface area contributed by atoms with Crippen LogP contribution in [0.4, 0.5) is 0 Å². The molecule has 3 rings (SSSR count). The number of fused-ring (bicyclic) bond motifs is 2. The van der Waals surface area contributed by atoms with E-state index in [0.29, 0.717) is 3.74 Å². The van der Waals surface area contributed by atoms with Crippen LogP contribution in [-0.2, 0) is 0 Å². The molecule has 3 aliphatic carbocycles. The summed E-state index contributed by atoms with van der Waals surface area (Å²) >= 11 is 11.0. The third-order valence-corrected chi connectivity index (χ3v) is 5.75. The molecule has 0 aromatic rings. The fraction of sp³-hybridized carbons (Fsp3) is 1.00. The number of halogens is 3. The van der Waals surface area contributed by atoms with Crippen molar-refractivity contribution in [1.82, 2.24) is 0 Å². The van der Waals surface area contributed by atoms with E-state index >= 15 is 0 Å². The highest BCUT2D eigenvalue weighted by Gasteiger charge is 2.52. The Balaban J connectivity index is 2.05. The zero-order valence-corrected chi connectivity index (χ0v) is 10.9. The maximum atomic E-state index is 3.77. The topological polar surface area (TPSA) is 0 Å². The Kier molecular flexibility index (Phi) is 2.70. The van der Waals surface area contributed by atoms with Gasteiger partial charge in [-0.3, -0.25) is 0 Å². The van der Waals surface area contributed by atoms with Gasteiger partial charge in [-0.05, 0) is 30.6 Å². The highest BCUT2D eigenvalue weighted by Crippen LogP contribution is 2.57. The van der Waals surface area contributed by atoms with Crippen LogP contribution in [0, 0.1) is 17.8 Å². The minimum absolute atomic E-state index is 0.541. The van der Waals surface area contributed by atoms with Crippen molar-refractivity contribution in [1.29, 1.82) is 0 Å². The second-order valence-corrected chi connectivity index (χ2v) is 7.87. The van der Waals surface area contributed by atoms with E-state index in [1.165, 1.54) is 19.3 Å². The second-order valence-electron chi connectivity index (χ2n) is 3.61. The van der Waals surface area contributed by atoms with Crippen LogP contribution in [0.5, 0.6) is 0 Å². The number of hydrogen-bond donors (Lipinski definition) is 0. The summed E-state index contributed by atoms with van der Waals surface area (Å²) in [5.41, 5.74) is 0. The first-order valence-electron chi connectivity index (χ1n) is 4.14. The standard InChI is InChI=1S/C8H11Br3/c9-7-4-2-1-3-5(7)6(4)8(10)11/h4-8H,1-3H2. The highest BCUT2D eigenvalue weighted by atomic mass is 79.9. The fourth-order valence-corrected chi connectivity index (χ4v) is 5.38. The molecule has 3 heteroatoms.